The molecule has 0 aromatic heterocycles. The standard InChI is InChI=1S/C19H24N2O3S/c1-16(22)18-10-6-11-19(14-18)25(23,24)20-12-7-13-21(2)15-17-8-4-3-5-9-17/h3-6,8-11,14,20H,7,12-13,15H2,1-2H3. The number of ketones is 1. The van der Waals surface area contributed by atoms with Gasteiger partial charge in [-0.25, -0.2) is 13.1 Å². The lowest BCUT2D eigenvalue weighted by molar-refractivity contribution is 0.101. The number of hydrogen-bond donors (Lipinski definition) is 1. The van der Waals surface area contributed by atoms with Gasteiger partial charge in [-0.15, -0.1) is 0 Å². The largest absolute Gasteiger partial charge is 0.302 e. The Labute approximate surface area is 149 Å². The van der Waals surface area contributed by atoms with Gasteiger partial charge in [0.15, 0.2) is 5.78 Å². The van der Waals surface area contributed by atoms with Crippen LogP contribution in [0.2, 0.25) is 0 Å². The van der Waals surface area contributed by atoms with Crippen LogP contribution in [-0.4, -0.2) is 39.2 Å². The zero-order valence-electron chi connectivity index (χ0n) is 14.6. The van der Waals surface area contributed by atoms with Crippen molar-refractivity contribution in [2.45, 2.75) is 24.8 Å². The second-order valence-corrected chi connectivity index (χ2v) is 7.83. The lowest BCUT2D eigenvalue weighted by atomic mass is 10.2. The molecule has 0 spiro atoms. The minimum atomic E-state index is -3.59. The SMILES string of the molecule is CC(=O)c1cccc(S(=O)(=O)NCCCN(C)Cc2ccccc2)c1. The summed E-state index contributed by atoms with van der Waals surface area (Å²) in [6.45, 7) is 3.38. The topological polar surface area (TPSA) is 66.5 Å². The van der Waals surface area contributed by atoms with Crippen LogP contribution in [-0.2, 0) is 16.6 Å². The van der Waals surface area contributed by atoms with Crippen molar-refractivity contribution in [3.8, 4) is 0 Å². The van der Waals surface area contributed by atoms with E-state index in [9.17, 15) is 13.2 Å². The van der Waals surface area contributed by atoms with Crippen LogP contribution in [0.25, 0.3) is 0 Å². The summed E-state index contributed by atoms with van der Waals surface area (Å²) in [5.41, 5.74) is 1.62. The number of Topliss-reactive ketones (excluding diaryl/α,β-unsaturated/α-hetero) is 1. The van der Waals surface area contributed by atoms with Gasteiger partial charge in [-0.1, -0.05) is 42.5 Å². The van der Waals surface area contributed by atoms with Crippen LogP contribution in [0.3, 0.4) is 0 Å². The van der Waals surface area contributed by atoms with Crippen molar-refractivity contribution in [1.29, 1.82) is 0 Å². The summed E-state index contributed by atoms with van der Waals surface area (Å²) in [5.74, 6) is -0.153. The highest BCUT2D eigenvalue weighted by Crippen LogP contribution is 2.12. The van der Waals surface area contributed by atoms with Crippen LogP contribution in [0.4, 0.5) is 0 Å². The van der Waals surface area contributed by atoms with E-state index in [0.29, 0.717) is 18.5 Å². The Morgan fingerprint density at radius 1 is 1.08 bits per heavy atom. The number of carbonyl (C=O) groups is 1. The van der Waals surface area contributed by atoms with Gasteiger partial charge < -0.3 is 4.90 Å². The monoisotopic (exact) mass is 360 g/mol. The van der Waals surface area contributed by atoms with Gasteiger partial charge in [-0.3, -0.25) is 4.79 Å². The zero-order valence-corrected chi connectivity index (χ0v) is 15.4. The third-order valence-electron chi connectivity index (χ3n) is 3.85. The summed E-state index contributed by atoms with van der Waals surface area (Å²) in [6.07, 6.45) is 0.703. The fourth-order valence-corrected chi connectivity index (χ4v) is 3.61. The third-order valence-corrected chi connectivity index (χ3v) is 5.31. The molecular formula is C19H24N2O3S. The van der Waals surface area contributed by atoms with Crippen molar-refractivity contribution < 1.29 is 13.2 Å². The van der Waals surface area contributed by atoms with Crippen molar-refractivity contribution in [2.75, 3.05) is 20.1 Å². The summed E-state index contributed by atoms with van der Waals surface area (Å²) in [5, 5.41) is 0. The lowest BCUT2D eigenvalue weighted by Gasteiger charge is -2.16. The molecule has 6 heteroatoms. The van der Waals surface area contributed by atoms with Crippen molar-refractivity contribution in [2.24, 2.45) is 0 Å². The van der Waals surface area contributed by atoms with Crippen molar-refractivity contribution in [3.63, 3.8) is 0 Å². The molecule has 0 aliphatic carbocycles. The van der Waals surface area contributed by atoms with Crippen LogP contribution in [0.5, 0.6) is 0 Å². The number of rotatable bonds is 9. The summed E-state index contributed by atoms with van der Waals surface area (Å²) in [4.78, 5) is 13.7. The quantitative estimate of drug-likeness (QED) is 0.551. The molecule has 0 heterocycles. The Morgan fingerprint density at radius 3 is 2.48 bits per heavy atom. The first kappa shape index (κ1) is 19.3. The van der Waals surface area contributed by atoms with E-state index in [-0.39, 0.29) is 10.7 Å². The predicted octanol–water partition coefficient (Wildman–Crippen LogP) is 2.69. The van der Waals surface area contributed by atoms with Gasteiger partial charge in [-0.2, -0.15) is 0 Å². The molecule has 0 radical (unpaired) electrons. The Bertz CT molecular complexity index is 804. The third kappa shape index (κ3) is 6.08. The van der Waals surface area contributed by atoms with Gasteiger partial charge in [0.25, 0.3) is 0 Å². The molecule has 0 fully saturated rings. The molecule has 0 amide bonds. The molecule has 134 valence electrons. The average molecular weight is 360 g/mol. The van der Waals surface area contributed by atoms with Crippen LogP contribution >= 0.6 is 0 Å². The highest BCUT2D eigenvalue weighted by molar-refractivity contribution is 7.89. The first-order chi connectivity index (χ1) is 11.9. The molecule has 0 aliphatic rings. The number of nitrogens with zero attached hydrogens (tertiary/aromatic N) is 1. The van der Waals surface area contributed by atoms with Gasteiger partial charge in [0.05, 0.1) is 4.90 Å². The van der Waals surface area contributed by atoms with E-state index in [1.807, 2.05) is 25.2 Å². The van der Waals surface area contributed by atoms with Crippen LogP contribution in [0.1, 0.15) is 29.3 Å². The molecular weight excluding hydrogens is 336 g/mol. The van der Waals surface area contributed by atoms with Gasteiger partial charge in [-0.05, 0) is 44.6 Å². The van der Waals surface area contributed by atoms with Gasteiger partial charge in [0, 0.05) is 18.7 Å². The van der Waals surface area contributed by atoms with Crippen molar-refractivity contribution in [3.05, 3.63) is 65.7 Å². The Balaban J connectivity index is 1.82. The minimum Gasteiger partial charge on any atom is -0.302 e. The molecule has 0 bridgehead atoms. The number of hydrogen-bond acceptors (Lipinski definition) is 4. The number of nitrogens with one attached hydrogen (secondary N) is 1. The summed E-state index contributed by atoms with van der Waals surface area (Å²) in [6, 6.07) is 16.2. The van der Waals surface area contributed by atoms with E-state index in [1.54, 1.807) is 12.1 Å². The van der Waals surface area contributed by atoms with Crippen LogP contribution in [0.15, 0.2) is 59.5 Å². The number of sulfonamides is 1. The van der Waals surface area contributed by atoms with E-state index in [4.69, 9.17) is 0 Å². The molecule has 1 N–H and O–H groups in total. The van der Waals surface area contributed by atoms with E-state index in [1.165, 1.54) is 24.6 Å². The minimum absolute atomic E-state index is 0.123. The Morgan fingerprint density at radius 2 is 1.80 bits per heavy atom. The first-order valence-corrected chi connectivity index (χ1v) is 9.70. The molecule has 2 rings (SSSR count). The molecule has 25 heavy (non-hydrogen) atoms. The van der Waals surface area contributed by atoms with Crippen molar-refractivity contribution >= 4 is 15.8 Å². The Kier molecular flexibility index (Phi) is 6.87. The molecule has 0 saturated carbocycles. The number of carbonyl (C=O) groups excluding carboxylic acids is 1. The van der Waals surface area contributed by atoms with E-state index in [0.717, 1.165) is 13.1 Å². The number of benzene rings is 2. The second-order valence-electron chi connectivity index (χ2n) is 6.06. The smallest absolute Gasteiger partial charge is 0.240 e. The summed E-state index contributed by atoms with van der Waals surface area (Å²) in [7, 11) is -1.58. The summed E-state index contributed by atoms with van der Waals surface area (Å²) < 4.78 is 27.2. The van der Waals surface area contributed by atoms with Crippen LogP contribution in [0, 0.1) is 0 Å². The normalized spacial score (nSPS) is 11.6. The fourth-order valence-electron chi connectivity index (χ4n) is 2.50. The van der Waals surface area contributed by atoms with Gasteiger partial charge >= 0.3 is 0 Å². The van der Waals surface area contributed by atoms with E-state index >= 15 is 0 Å². The van der Waals surface area contributed by atoms with Crippen molar-refractivity contribution in [1.82, 2.24) is 9.62 Å². The molecule has 0 unspecified atom stereocenters. The first-order valence-electron chi connectivity index (χ1n) is 8.21. The molecule has 5 nitrogen and oxygen atoms in total. The molecule has 0 atom stereocenters. The predicted molar refractivity (Wildman–Crippen MR) is 99.0 cm³/mol. The maximum atomic E-state index is 12.3. The van der Waals surface area contributed by atoms with E-state index < -0.39 is 10.0 Å². The molecule has 2 aromatic carbocycles. The molecule has 0 saturated heterocycles. The lowest BCUT2D eigenvalue weighted by Crippen LogP contribution is -2.28. The van der Waals surface area contributed by atoms with E-state index in [2.05, 4.69) is 21.8 Å². The maximum absolute atomic E-state index is 12.3. The highest BCUT2D eigenvalue weighted by atomic mass is 32.2. The Hall–Kier alpha value is -2.02. The van der Waals surface area contributed by atoms with Crippen LogP contribution < -0.4 is 4.72 Å². The molecule has 2 aromatic rings. The second kappa shape index (κ2) is 8.89. The van der Waals surface area contributed by atoms with Gasteiger partial charge in [0.1, 0.15) is 0 Å². The molecule has 0 aliphatic heterocycles. The zero-order chi connectivity index (χ0) is 18.3. The van der Waals surface area contributed by atoms with Gasteiger partial charge in [0.2, 0.25) is 10.0 Å². The maximum Gasteiger partial charge on any atom is 0.240 e. The average Bonchev–Trinajstić information content (AvgIpc) is 2.60. The highest BCUT2D eigenvalue weighted by Gasteiger charge is 2.14. The summed E-state index contributed by atoms with van der Waals surface area (Å²) >= 11 is 0. The fraction of sp³-hybridized carbons (Fsp3) is 0.316.